The average molecular weight is 336 g/mol. The summed E-state index contributed by atoms with van der Waals surface area (Å²) in [7, 11) is -4.20. The molecule has 9 heteroatoms. The van der Waals surface area contributed by atoms with E-state index >= 15 is 0 Å². The third kappa shape index (κ3) is 2.68. The lowest BCUT2D eigenvalue weighted by molar-refractivity contribution is -0.173. The first kappa shape index (κ1) is 15.6. The molecule has 122 valence electrons. The molecule has 1 saturated heterocycles. The molecule has 0 aromatic heterocycles. The number of hydrogen-bond acceptors (Lipinski definition) is 4. The molecule has 1 N–H and O–H groups in total. The standard InChI is InChI=1S/C13H15F3N2O3S/c14-13(15,16)12-8-17-4-5-18(12)22(19,20)10-1-2-11-9(7-10)3-6-21-11/h1-2,7,12,17H,3-6,8H2. The van der Waals surface area contributed by atoms with E-state index in [1.807, 2.05) is 0 Å². The lowest BCUT2D eigenvalue weighted by atomic mass is 10.2. The molecule has 0 radical (unpaired) electrons. The van der Waals surface area contributed by atoms with Crippen molar-refractivity contribution in [2.75, 3.05) is 26.2 Å². The fourth-order valence-corrected chi connectivity index (χ4v) is 4.37. The predicted octanol–water partition coefficient (Wildman–Crippen LogP) is 1.15. The molecule has 1 fully saturated rings. The van der Waals surface area contributed by atoms with Crippen molar-refractivity contribution in [1.82, 2.24) is 9.62 Å². The van der Waals surface area contributed by atoms with Gasteiger partial charge in [0, 0.05) is 26.1 Å². The second-order valence-corrected chi connectivity index (χ2v) is 7.14. The Hall–Kier alpha value is -1.32. The summed E-state index contributed by atoms with van der Waals surface area (Å²) in [4.78, 5) is -0.118. The molecule has 0 amide bonds. The first-order valence-electron chi connectivity index (χ1n) is 6.85. The molecule has 0 aliphatic carbocycles. The molecule has 3 rings (SSSR count). The smallest absolute Gasteiger partial charge is 0.406 e. The Bertz CT molecular complexity index is 676. The van der Waals surface area contributed by atoms with Crippen molar-refractivity contribution < 1.29 is 26.3 Å². The van der Waals surface area contributed by atoms with Crippen LogP contribution in [0.5, 0.6) is 5.75 Å². The summed E-state index contributed by atoms with van der Waals surface area (Å²) in [5, 5.41) is 2.59. The van der Waals surface area contributed by atoms with Crippen LogP contribution < -0.4 is 10.1 Å². The summed E-state index contributed by atoms with van der Waals surface area (Å²) in [5.74, 6) is 0.589. The fourth-order valence-electron chi connectivity index (χ4n) is 2.71. The Morgan fingerprint density at radius 1 is 1.32 bits per heavy atom. The normalized spacial score (nSPS) is 23.1. The minimum absolute atomic E-state index is 0.118. The molecular formula is C13H15F3N2O3S. The molecule has 5 nitrogen and oxygen atoms in total. The zero-order chi connectivity index (χ0) is 16.0. The van der Waals surface area contributed by atoms with Crippen LogP contribution in [-0.4, -0.2) is 51.2 Å². The molecule has 2 aliphatic rings. The van der Waals surface area contributed by atoms with Gasteiger partial charge in [0.05, 0.1) is 11.5 Å². The summed E-state index contributed by atoms with van der Waals surface area (Å²) in [6, 6.07) is 2.16. The second-order valence-electron chi connectivity index (χ2n) is 5.25. The van der Waals surface area contributed by atoms with Crippen molar-refractivity contribution in [1.29, 1.82) is 0 Å². The van der Waals surface area contributed by atoms with Crippen LogP contribution >= 0.6 is 0 Å². The van der Waals surface area contributed by atoms with Crippen molar-refractivity contribution in [2.24, 2.45) is 0 Å². The van der Waals surface area contributed by atoms with E-state index in [1.54, 1.807) is 0 Å². The number of halogens is 3. The molecule has 0 bridgehead atoms. The van der Waals surface area contributed by atoms with Gasteiger partial charge in [-0.1, -0.05) is 0 Å². The van der Waals surface area contributed by atoms with Crippen molar-refractivity contribution in [3.05, 3.63) is 23.8 Å². The number of piperazine rings is 1. The topological polar surface area (TPSA) is 58.6 Å². The van der Waals surface area contributed by atoms with E-state index in [0.717, 1.165) is 0 Å². The highest BCUT2D eigenvalue weighted by Crippen LogP contribution is 2.33. The number of nitrogens with one attached hydrogen (secondary N) is 1. The van der Waals surface area contributed by atoms with E-state index in [4.69, 9.17) is 4.74 Å². The van der Waals surface area contributed by atoms with Crippen LogP contribution in [0.3, 0.4) is 0 Å². The van der Waals surface area contributed by atoms with E-state index in [-0.39, 0.29) is 18.0 Å². The molecule has 1 unspecified atom stereocenters. The van der Waals surface area contributed by atoms with Crippen molar-refractivity contribution in [3.63, 3.8) is 0 Å². The highest BCUT2D eigenvalue weighted by Gasteiger charge is 2.49. The molecule has 1 atom stereocenters. The quantitative estimate of drug-likeness (QED) is 0.880. The summed E-state index contributed by atoms with van der Waals surface area (Å²) in [6.45, 7) is 0.00832. The first-order chi connectivity index (χ1) is 10.3. The minimum Gasteiger partial charge on any atom is -0.493 e. The predicted molar refractivity (Wildman–Crippen MR) is 72.2 cm³/mol. The van der Waals surface area contributed by atoms with Gasteiger partial charge in [0.15, 0.2) is 0 Å². The molecule has 1 aromatic carbocycles. The molecule has 2 heterocycles. The maximum absolute atomic E-state index is 13.1. The zero-order valence-electron chi connectivity index (χ0n) is 11.6. The molecule has 1 aromatic rings. The van der Waals surface area contributed by atoms with Crippen LogP contribution in [0.2, 0.25) is 0 Å². The number of fused-ring (bicyclic) bond motifs is 1. The van der Waals surface area contributed by atoms with Gasteiger partial charge in [-0.25, -0.2) is 8.42 Å². The Balaban J connectivity index is 1.97. The third-order valence-corrected chi connectivity index (χ3v) is 5.74. The molecule has 2 aliphatic heterocycles. The third-order valence-electron chi connectivity index (χ3n) is 3.84. The van der Waals surface area contributed by atoms with E-state index in [2.05, 4.69) is 5.32 Å². The van der Waals surface area contributed by atoms with E-state index in [0.29, 0.717) is 28.6 Å². The van der Waals surface area contributed by atoms with E-state index < -0.39 is 28.8 Å². The Kier molecular flexibility index (Phi) is 3.82. The van der Waals surface area contributed by atoms with Crippen LogP contribution in [0.4, 0.5) is 13.2 Å². The van der Waals surface area contributed by atoms with Crippen LogP contribution in [0.15, 0.2) is 23.1 Å². The van der Waals surface area contributed by atoms with E-state index in [9.17, 15) is 21.6 Å². The van der Waals surface area contributed by atoms with Crippen LogP contribution in [0.25, 0.3) is 0 Å². The number of rotatable bonds is 2. The minimum atomic E-state index is -4.61. The molecule has 0 saturated carbocycles. The zero-order valence-corrected chi connectivity index (χ0v) is 12.4. The summed E-state index contributed by atoms with van der Waals surface area (Å²) in [6.07, 6.45) is -4.05. The van der Waals surface area contributed by atoms with Crippen LogP contribution in [-0.2, 0) is 16.4 Å². The summed E-state index contributed by atoms with van der Waals surface area (Å²) >= 11 is 0. The Labute approximate surface area is 126 Å². The van der Waals surface area contributed by atoms with Crippen molar-refractivity contribution in [3.8, 4) is 5.75 Å². The van der Waals surface area contributed by atoms with Gasteiger partial charge in [0.1, 0.15) is 11.8 Å². The maximum Gasteiger partial charge on any atom is 0.406 e. The van der Waals surface area contributed by atoms with Gasteiger partial charge in [0.2, 0.25) is 10.0 Å². The van der Waals surface area contributed by atoms with Gasteiger partial charge in [-0.3, -0.25) is 0 Å². The summed E-state index contributed by atoms with van der Waals surface area (Å²) in [5.41, 5.74) is 0.708. The van der Waals surface area contributed by atoms with Gasteiger partial charge >= 0.3 is 6.18 Å². The lowest BCUT2D eigenvalue weighted by Gasteiger charge is -2.36. The van der Waals surface area contributed by atoms with Gasteiger partial charge < -0.3 is 10.1 Å². The van der Waals surface area contributed by atoms with Crippen molar-refractivity contribution >= 4 is 10.0 Å². The SMILES string of the molecule is O=S(=O)(c1ccc2c(c1)CCO2)N1CCNCC1C(F)(F)F. The maximum atomic E-state index is 13.1. The number of ether oxygens (including phenoxy) is 1. The largest absolute Gasteiger partial charge is 0.493 e. The molecule has 0 spiro atoms. The van der Waals surface area contributed by atoms with Gasteiger partial charge in [-0.15, -0.1) is 0 Å². The summed E-state index contributed by atoms with van der Waals surface area (Å²) < 4.78 is 70.3. The lowest BCUT2D eigenvalue weighted by Crippen LogP contribution is -2.59. The fraction of sp³-hybridized carbons (Fsp3) is 0.538. The highest BCUT2D eigenvalue weighted by molar-refractivity contribution is 7.89. The number of benzene rings is 1. The van der Waals surface area contributed by atoms with E-state index in [1.165, 1.54) is 18.2 Å². The number of sulfonamides is 1. The monoisotopic (exact) mass is 336 g/mol. The van der Waals surface area contributed by atoms with Gasteiger partial charge in [0.25, 0.3) is 0 Å². The number of hydrogen-bond donors (Lipinski definition) is 1. The first-order valence-corrected chi connectivity index (χ1v) is 8.29. The van der Waals surface area contributed by atoms with Crippen LogP contribution in [0.1, 0.15) is 5.56 Å². The molecule has 22 heavy (non-hydrogen) atoms. The number of alkyl halides is 3. The van der Waals surface area contributed by atoms with Gasteiger partial charge in [-0.05, 0) is 23.8 Å². The van der Waals surface area contributed by atoms with Crippen molar-refractivity contribution in [2.45, 2.75) is 23.5 Å². The van der Waals surface area contributed by atoms with Crippen LogP contribution in [0, 0.1) is 0 Å². The number of nitrogens with zero attached hydrogens (tertiary/aromatic N) is 1. The van der Waals surface area contributed by atoms with Gasteiger partial charge in [-0.2, -0.15) is 17.5 Å². The highest BCUT2D eigenvalue weighted by atomic mass is 32.2. The Morgan fingerprint density at radius 2 is 2.09 bits per heavy atom. The average Bonchev–Trinajstić information content (AvgIpc) is 2.93. The second kappa shape index (κ2) is 5.39. The Morgan fingerprint density at radius 3 is 2.82 bits per heavy atom. The molecular weight excluding hydrogens is 321 g/mol.